The number of nitrogens with one attached hydrogen (secondary N) is 1. The molecule has 5 nitrogen and oxygen atoms in total. The third-order valence-electron chi connectivity index (χ3n) is 4.96. The summed E-state index contributed by atoms with van der Waals surface area (Å²) in [6.45, 7) is 5.19. The fourth-order valence-electron chi connectivity index (χ4n) is 3.36. The molecule has 2 saturated heterocycles. The average molecular weight is 301 g/mol. The fraction of sp³-hybridized carbons (Fsp3) is 1.00. The van der Waals surface area contributed by atoms with Gasteiger partial charge in [0.15, 0.2) is 0 Å². The van der Waals surface area contributed by atoms with Crippen LogP contribution in [-0.2, 0) is 10.2 Å². The molecule has 1 unspecified atom stereocenters. The lowest BCUT2D eigenvalue weighted by atomic mass is 9.98. The zero-order chi connectivity index (χ0) is 14.2. The summed E-state index contributed by atoms with van der Waals surface area (Å²) in [5, 5.41) is 3.56. The number of hydrogen-bond acceptors (Lipinski definition) is 3. The minimum absolute atomic E-state index is 0.175. The van der Waals surface area contributed by atoms with Gasteiger partial charge in [-0.3, -0.25) is 0 Å². The van der Waals surface area contributed by atoms with Crippen LogP contribution in [-0.4, -0.2) is 55.3 Å². The molecule has 0 aromatic rings. The molecular weight excluding hydrogens is 274 g/mol. The van der Waals surface area contributed by atoms with Crippen molar-refractivity contribution in [2.24, 2.45) is 5.92 Å². The summed E-state index contributed by atoms with van der Waals surface area (Å²) >= 11 is 0. The molecule has 0 aromatic heterocycles. The molecule has 1 atom stereocenters. The van der Waals surface area contributed by atoms with Gasteiger partial charge < -0.3 is 5.32 Å². The van der Waals surface area contributed by atoms with Gasteiger partial charge >= 0.3 is 0 Å². The second-order valence-electron chi connectivity index (χ2n) is 6.63. The molecule has 3 aliphatic rings. The first-order valence-electron chi connectivity index (χ1n) is 8.07. The highest BCUT2D eigenvalue weighted by Gasteiger charge is 2.37. The van der Waals surface area contributed by atoms with Gasteiger partial charge in [-0.25, -0.2) is 0 Å². The molecule has 6 heteroatoms. The minimum Gasteiger partial charge on any atom is -0.314 e. The van der Waals surface area contributed by atoms with Gasteiger partial charge in [0, 0.05) is 31.7 Å². The van der Waals surface area contributed by atoms with E-state index in [9.17, 15) is 8.42 Å². The van der Waals surface area contributed by atoms with Crippen LogP contribution >= 0.6 is 0 Å². The highest BCUT2D eigenvalue weighted by atomic mass is 32.2. The topological polar surface area (TPSA) is 52.7 Å². The molecule has 3 rings (SSSR count). The lowest BCUT2D eigenvalue weighted by Gasteiger charge is -2.35. The maximum Gasteiger partial charge on any atom is 0.282 e. The Labute approximate surface area is 122 Å². The van der Waals surface area contributed by atoms with E-state index in [4.69, 9.17) is 0 Å². The Bertz CT molecular complexity index is 428. The van der Waals surface area contributed by atoms with E-state index in [1.54, 1.807) is 8.61 Å². The Kier molecular flexibility index (Phi) is 4.36. The zero-order valence-electron chi connectivity index (χ0n) is 12.4. The van der Waals surface area contributed by atoms with Crippen molar-refractivity contribution in [3.8, 4) is 0 Å². The largest absolute Gasteiger partial charge is 0.314 e. The van der Waals surface area contributed by atoms with Crippen molar-refractivity contribution in [2.45, 2.75) is 57.5 Å². The third kappa shape index (κ3) is 3.18. The number of rotatable bonds is 5. The number of hydrogen-bond donors (Lipinski definition) is 1. The van der Waals surface area contributed by atoms with Crippen molar-refractivity contribution in [3.05, 3.63) is 0 Å². The Balaban J connectivity index is 1.51. The molecule has 0 radical (unpaired) electrons. The van der Waals surface area contributed by atoms with Crippen molar-refractivity contribution in [2.75, 3.05) is 26.2 Å². The maximum atomic E-state index is 12.6. The van der Waals surface area contributed by atoms with Crippen molar-refractivity contribution in [3.63, 3.8) is 0 Å². The normalized spacial score (nSPS) is 30.9. The van der Waals surface area contributed by atoms with Gasteiger partial charge in [-0.1, -0.05) is 0 Å². The summed E-state index contributed by atoms with van der Waals surface area (Å²) in [5.74, 6) is 0.651. The summed E-state index contributed by atoms with van der Waals surface area (Å²) in [6, 6.07) is 0.927. The van der Waals surface area contributed by atoms with Crippen molar-refractivity contribution < 1.29 is 8.42 Å². The summed E-state index contributed by atoms with van der Waals surface area (Å²) in [7, 11) is -3.21. The van der Waals surface area contributed by atoms with Crippen LogP contribution in [0.25, 0.3) is 0 Å². The van der Waals surface area contributed by atoms with Gasteiger partial charge in [0.25, 0.3) is 10.2 Å². The summed E-state index contributed by atoms with van der Waals surface area (Å²) in [5.41, 5.74) is 0. The predicted molar refractivity (Wildman–Crippen MR) is 79.6 cm³/mol. The SMILES string of the molecule is CC1CCCN1S(=O)(=O)N1CCC(CNC2CC2)CC1. The first kappa shape index (κ1) is 14.8. The van der Waals surface area contributed by atoms with Gasteiger partial charge in [0.05, 0.1) is 0 Å². The van der Waals surface area contributed by atoms with Crippen LogP contribution in [0.5, 0.6) is 0 Å². The first-order valence-corrected chi connectivity index (χ1v) is 9.47. The van der Waals surface area contributed by atoms with Crippen molar-refractivity contribution >= 4 is 10.2 Å². The van der Waals surface area contributed by atoms with E-state index in [2.05, 4.69) is 5.32 Å². The van der Waals surface area contributed by atoms with E-state index in [0.29, 0.717) is 25.6 Å². The molecule has 0 aromatic carbocycles. The maximum absolute atomic E-state index is 12.6. The van der Waals surface area contributed by atoms with E-state index >= 15 is 0 Å². The number of nitrogens with zero attached hydrogens (tertiary/aromatic N) is 2. The lowest BCUT2D eigenvalue weighted by molar-refractivity contribution is 0.247. The smallest absolute Gasteiger partial charge is 0.282 e. The van der Waals surface area contributed by atoms with Crippen LogP contribution in [0.15, 0.2) is 0 Å². The average Bonchev–Trinajstić information content (AvgIpc) is 3.17. The first-order chi connectivity index (χ1) is 9.57. The quantitative estimate of drug-likeness (QED) is 0.829. The Hall–Kier alpha value is -0.170. The van der Waals surface area contributed by atoms with Gasteiger partial charge in [0.1, 0.15) is 0 Å². The summed E-state index contributed by atoms with van der Waals surface area (Å²) in [4.78, 5) is 0. The van der Waals surface area contributed by atoms with E-state index < -0.39 is 10.2 Å². The molecule has 2 aliphatic heterocycles. The van der Waals surface area contributed by atoms with Crippen LogP contribution in [0.4, 0.5) is 0 Å². The van der Waals surface area contributed by atoms with E-state index in [1.165, 1.54) is 12.8 Å². The van der Waals surface area contributed by atoms with Gasteiger partial charge in [-0.05, 0) is 57.9 Å². The van der Waals surface area contributed by atoms with E-state index in [1.807, 2.05) is 6.92 Å². The van der Waals surface area contributed by atoms with E-state index in [-0.39, 0.29) is 6.04 Å². The van der Waals surface area contributed by atoms with Crippen LogP contribution in [0.2, 0.25) is 0 Å². The molecule has 1 saturated carbocycles. The monoisotopic (exact) mass is 301 g/mol. The predicted octanol–water partition coefficient (Wildman–Crippen LogP) is 1.18. The molecule has 0 spiro atoms. The van der Waals surface area contributed by atoms with Crippen LogP contribution in [0.1, 0.15) is 45.4 Å². The standard InChI is InChI=1S/C14H27N3O2S/c1-12-3-2-8-17(12)20(18,19)16-9-6-13(7-10-16)11-15-14-4-5-14/h12-15H,2-11H2,1H3. The molecule has 1 aliphatic carbocycles. The van der Waals surface area contributed by atoms with Gasteiger partial charge in [0.2, 0.25) is 0 Å². The van der Waals surface area contributed by atoms with Crippen molar-refractivity contribution in [1.29, 1.82) is 0 Å². The highest BCUT2D eigenvalue weighted by Crippen LogP contribution is 2.27. The Morgan fingerprint density at radius 3 is 2.30 bits per heavy atom. The summed E-state index contributed by atoms with van der Waals surface area (Å²) < 4.78 is 28.6. The third-order valence-corrected chi connectivity index (χ3v) is 7.11. The molecule has 0 amide bonds. The second-order valence-corrected chi connectivity index (χ2v) is 8.52. The fourth-order valence-corrected chi connectivity index (χ4v) is 5.25. The van der Waals surface area contributed by atoms with Crippen molar-refractivity contribution in [1.82, 2.24) is 13.9 Å². The lowest BCUT2D eigenvalue weighted by Crippen LogP contribution is -2.48. The zero-order valence-corrected chi connectivity index (χ0v) is 13.2. The van der Waals surface area contributed by atoms with Gasteiger partial charge in [-0.15, -0.1) is 0 Å². The second kappa shape index (κ2) is 5.91. The van der Waals surface area contributed by atoms with Gasteiger partial charge in [-0.2, -0.15) is 17.0 Å². The minimum atomic E-state index is -3.21. The molecular formula is C14H27N3O2S. The van der Waals surface area contributed by atoms with E-state index in [0.717, 1.165) is 38.3 Å². The number of piperidine rings is 1. The molecule has 3 fully saturated rings. The Morgan fingerprint density at radius 1 is 1.05 bits per heavy atom. The molecule has 1 N–H and O–H groups in total. The Morgan fingerprint density at radius 2 is 1.75 bits per heavy atom. The molecule has 20 heavy (non-hydrogen) atoms. The van der Waals surface area contributed by atoms with Crippen LogP contribution < -0.4 is 5.32 Å². The van der Waals surface area contributed by atoms with Crippen LogP contribution in [0.3, 0.4) is 0 Å². The highest BCUT2D eigenvalue weighted by molar-refractivity contribution is 7.86. The molecule has 2 heterocycles. The molecule has 116 valence electrons. The van der Waals surface area contributed by atoms with Crippen LogP contribution in [0, 0.1) is 5.92 Å². The summed E-state index contributed by atoms with van der Waals surface area (Å²) in [6.07, 6.45) is 6.64. The molecule has 0 bridgehead atoms.